The van der Waals surface area contributed by atoms with Crippen LogP contribution in [-0.2, 0) is 9.53 Å². The first-order valence-corrected chi connectivity index (χ1v) is 5.84. The van der Waals surface area contributed by atoms with Crippen molar-refractivity contribution in [2.75, 3.05) is 25.6 Å². The third-order valence-electron chi connectivity index (χ3n) is 2.55. The molecule has 0 aromatic carbocycles. The molecule has 7 heteroatoms. The minimum atomic E-state index is -0.158. The SMILES string of the molecule is CNC1COCC1C(=O)Nc1nc(C)ns1. The van der Waals surface area contributed by atoms with Gasteiger partial charge in [-0.15, -0.1) is 0 Å². The second-order valence-corrected chi connectivity index (χ2v) is 4.43. The predicted octanol–water partition coefficient (Wildman–Crippen LogP) is 0.0194. The van der Waals surface area contributed by atoms with E-state index in [1.165, 1.54) is 11.5 Å². The zero-order valence-corrected chi connectivity index (χ0v) is 10.0. The van der Waals surface area contributed by atoms with E-state index >= 15 is 0 Å². The van der Waals surface area contributed by atoms with Crippen LogP contribution in [0, 0.1) is 12.8 Å². The van der Waals surface area contributed by atoms with Crippen molar-refractivity contribution < 1.29 is 9.53 Å². The lowest BCUT2D eigenvalue weighted by molar-refractivity contribution is -0.120. The molecule has 0 spiro atoms. The van der Waals surface area contributed by atoms with Gasteiger partial charge in [-0.1, -0.05) is 0 Å². The summed E-state index contributed by atoms with van der Waals surface area (Å²) in [5.41, 5.74) is 0. The summed E-state index contributed by atoms with van der Waals surface area (Å²) in [5.74, 6) is 0.454. The van der Waals surface area contributed by atoms with Crippen molar-refractivity contribution in [3.8, 4) is 0 Å². The van der Waals surface area contributed by atoms with Crippen molar-refractivity contribution >= 4 is 22.6 Å². The van der Waals surface area contributed by atoms with Gasteiger partial charge in [-0.25, -0.2) is 4.98 Å². The number of anilines is 1. The van der Waals surface area contributed by atoms with E-state index in [0.29, 0.717) is 24.2 Å². The summed E-state index contributed by atoms with van der Waals surface area (Å²) in [6.07, 6.45) is 0. The summed E-state index contributed by atoms with van der Waals surface area (Å²) in [4.78, 5) is 16.0. The summed E-state index contributed by atoms with van der Waals surface area (Å²) in [6.45, 7) is 2.82. The van der Waals surface area contributed by atoms with Gasteiger partial charge in [0.15, 0.2) is 0 Å². The molecule has 2 unspecified atom stereocenters. The molecule has 0 radical (unpaired) electrons. The number of amides is 1. The van der Waals surface area contributed by atoms with Gasteiger partial charge in [-0.05, 0) is 14.0 Å². The van der Waals surface area contributed by atoms with E-state index in [1.54, 1.807) is 6.92 Å². The number of aryl methyl sites for hydroxylation is 1. The largest absolute Gasteiger partial charge is 0.379 e. The van der Waals surface area contributed by atoms with Crippen LogP contribution in [0.1, 0.15) is 5.82 Å². The molecule has 2 atom stereocenters. The number of hydrogen-bond donors (Lipinski definition) is 2. The second kappa shape index (κ2) is 4.86. The van der Waals surface area contributed by atoms with Crippen molar-refractivity contribution in [2.24, 2.45) is 5.92 Å². The van der Waals surface area contributed by atoms with Crippen LogP contribution in [-0.4, -0.2) is 41.6 Å². The number of ether oxygens (including phenoxy) is 1. The third kappa shape index (κ3) is 2.37. The molecule has 0 aliphatic carbocycles. The molecule has 2 rings (SSSR count). The molecule has 2 heterocycles. The highest BCUT2D eigenvalue weighted by atomic mass is 32.1. The first kappa shape index (κ1) is 11.4. The average Bonchev–Trinajstić information content (AvgIpc) is 2.86. The number of nitrogens with one attached hydrogen (secondary N) is 2. The van der Waals surface area contributed by atoms with Gasteiger partial charge in [0.25, 0.3) is 0 Å². The molecule has 1 aliphatic heterocycles. The smallest absolute Gasteiger partial charge is 0.233 e. The van der Waals surface area contributed by atoms with E-state index in [-0.39, 0.29) is 17.9 Å². The van der Waals surface area contributed by atoms with Crippen molar-refractivity contribution in [1.29, 1.82) is 0 Å². The molecule has 2 N–H and O–H groups in total. The minimum Gasteiger partial charge on any atom is -0.379 e. The Bertz CT molecular complexity index is 381. The van der Waals surface area contributed by atoms with Crippen LogP contribution in [0.2, 0.25) is 0 Å². The Morgan fingerprint density at radius 2 is 2.38 bits per heavy atom. The van der Waals surface area contributed by atoms with Crippen molar-refractivity contribution in [1.82, 2.24) is 14.7 Å². The monoisotopic (exact) mass is 242 g/mol. The Labute approximate surface area is 97.6 Å². The minimum absolute atomic E-state index is 0.0620. The molecular weight excluding hydrogens is 228 g/mol. The van der Waals surface area contributed by atoms with Crippen molar-refractivity contribution in [2.45, 2.75) is 13.0 Å². The first-order valence-electron chi connectivity index (χ1n) is 5.07. The van der Waals surface area contributed by atoms with E-state index < -0.39 is 0 Å². The van der Waals surface area contributed by atoms with Crippen LogP contribution in [0.3, 0.4) is 0 Å². The van der Waals surface area contributed by atoms with Gasteiger partial charge in [0.2, 0.25) is 11.0 Å². The number of carbonyl (C=O) groups is 1. The van der Waals surface area contributed by atoms with Gasteiger partial charge in [0.05, 0.1) is 19.1 Å². The molecule has 1 aliphatic rings. The lowest BCUT2D eigenvalue weighted by Gasteiger charge is -2.14. The quantitative estimate of drug-likeness (QED) is 0.781. The van der Waals surface area contributed by atoms with Crippen LogP contribution in [0.25, 0.3) is 0 Å². The number of rotatable bonds is 3. The maximum Gasteiger partial charge on any atom is 0.233 e. The maximum absolute atomic E-state index is 11.9. The highest BCUT2D eigenvalue weighted by molar-refractivity contribution is 7.09. The maximum atomic E-state index is 11.9. The lowest BCUT2D eigenvalue weighted by Crippen LogP contribution is -2.39. The van der Waals surface area contributed by atoms with Crippen molar-refractivity contribution in [3.05, 3.63) is 5.82 Å². The Morgan fingerprint density at radius 3 is 3.00 bits per heavy atom. The van der Waals surface area contributed by atoms with Crippen LogP contribution < -0.4 is 10.6 Å². The van der Waals surface area contributed by atoms with E-state index in [4.69, 9.17) is 4.74 Å². The Hall–Kier alpha value is -1.05. The molecule has 0 saturated carbocycles. The van der Waals surface area contributed by atoms with Gasteiger partial charge < -0.3 is 15.4 Å². The van der Waals surface area contributed by atoms with E-state index in [2.05, 4.69) is 20.0 Å². The highest BCUT2D eigenvalue weighted by Crippen LogP contribution is 2.17. The molecular formula is C9H14N4O2S. The van der Waals surface area contributed by atoms with Gasteiger partial charge in [0, 0.05) is 17.6 Å². The summed E-state index contributed by atoms with van der Waals surface area (Å²) in [7, 11) is 1.83. The van der Waals surface area contributed by atoms with Crippen LogP contribution in [0.5, 0.6) is 0 Å². The fourth-order valence-electron chi connectivity index (χ4n) is 1.64. The van der Waals surface area contributed by atoms with Crippen LogP contribution >= 0.6 is 11.5 Å². The summed E-state index contributed by atoms with van der Waals surface area (Å²) in [6, 6.07) is 0.0778. The van der Waals surface area contributed by atoms with Gasteiger partial charge in [0.1, 0.15) is 5.82 Å². The molecule has 1 amide bonds. The average molecular weight is 242 g/mol. The molecule has 0 bridgehead atoms. The topological polar surface area (TPSA) is 76.1 Å². The molecule has 1 aromatic heterocycles. The van der Waals surface area contributed by atoms with Gasteiger partial charge in [-0.2, -0.15) is 4.37 Å². The van der Waals surface area contributed by atoms with E-state index in [9.17, 15) is 4.79 Å². The zero-order chi connectivity index (χ0) is 11.5. The molecule has 16 heavy (non-hydrogen) atoms. The number of aromatic nitrogens is 2. The second-order valence-electron chi connectivity index (χ2n) is 3.68. The van der Waals surface area contributed by atoms with Crippen LogP contribution in [0.15, 0.2) is 0 Å². The zero-order valence-electron chi connectivity index (χ0n) is 9.19. The van der Waals surface area contributed by atoms with E-state index in [1.807, 2.05) is 7.05 Å². The van der Waals surface area contributed by atoms with Crippen molar-refractivity contribution in [3.63, 3.8) is 0 Å². The number of carbonyl (C=O) groups excluding carboxylic acids is 1. The van der Waals surface area contributed by atoms with Gasteiger partial charge >= 0.3 is 0 Å². The van der Waals surface area contributed by atoms with E-state index in [0.717, 1.165) is 0 Å². The Morgan fingerprint density at radius 1 is 1.56 bits per heavy atom. The molecule has 6 nitrogen and oxygen atoms in total. The fourth-order valence-corrected chi connectivity index (χ4v) is 2.22. The Kier molecular flexibility index (Phi) is 3.47. The normalized spacial score (nSPS) is 24.6. The standard InChI is InChI=1S/C9H14N4O2S/c1-5-11-9(16-13-5)12-8(14)6-3-15-4-7(6)10-2/h6-7,10H,3-4H2,1-2H3,(H,11,12,13,14). The first-order chi connectivity index (χ1) is 7.70. The summed E-state index contributed by atoms with van der Waals surface area (Å²) >= 11 is 1.19. The number of hydrogen-bond acceptors (Lipinski definition) is 6. The third-order valence-corrected chi connectivity index (χ3v) is 3.27. The number of likely N-dealkylation sites (N-methyl/N-ethyl adjacent to an activating group) is 1. The van der Waals surface area contributed by atoms with Crippen LogP contribution in [0.4, 0.5) is 5.13 Å². The fraction of sp³-hybridized carbons (Fsp3) is 0.667. The molecule has 1 saturated heterocycles. The highest BCUT2D eigenvalue weighted by Gasteiger charge is 2.33. The Balaban J connectivity index is 1.97. The predicted molar refractivity (Wildman–Crippen MR) is 60.4 cm³/mol. The summed E-state index contributed by atoms with van der Waals surface area (Å²) in [5, 5.41) is 6.37. The molecule has 88 valence electrons. The number of nitrogens with zero attached hydrogens (tertiary/aromatic N) is 2. The lowest BCUT2D eigenvalue weighted by atomic mass is 10.0. The van der Waals surface area contributed by atoms with Gasteiger partial charge in [-0.3, -0.25) is 4.79 Å². The molecule has 1 fully saturated rings. The molecule has 1 aromatic rings. The summed E-state index contributed by atoms with van der Waals surface area (Å²) < 4.78 is 9.27.